The number of nitrogens with zero attached hydrogens (tertiary/aromatic N) is 2. The molecule has 8 atom stereocenters. The van der Waals surface area contributed by atoms with Crippen molar-refractivity contribution in [1.29, 1.82) is 0 Å². The maximum Gasteiger partial charge on any atom is 0.310 e. The van der Waals surface area contributed by atoms with Gasteiger partial charge in [-0.2, -0.15) is 0 Å². The number of piperidine rings is 2. The fraction of sp³-hybridized carbons (Fsp3) is 0.500. The van der Waals surface area contributed by atoms with Crippen LogP contribution in [0.2, 0.25) is 0 Å². The smallest absolute Gasteiger partial charge is 0.310 e. The average molecular weight is 765 g/mol. The first-order valence-electron chi connectivity index (χ1n) is 20.0. The molecule has 0 saturated carbocycles. The van der Waals surface area contributed by atoms with Crippen molar-refractivity contribution in [3.8, 4) is 23.0 Å². The van der Waals surface area contributed by atoms with Crippen LogP contribution >= 0.6 is 0 Å². The molecule has 56 heavy (non-hydrogen) atoms. The number of rotatable bonds is 11. The van der Waals surface area contributed by atoms with Gasteiger partial charge in [-0.05, 0) is 73.9 Å². The molecule has 0 amide bonds. The minimum atomic E-state index is -1.19. The van der Waals surface area contributed by atoms with Crippen molar-refractivity contribution in [3.63, 3.8) is 0 Å². The van der Waals surface area contributed by atoms with E-state index in [4.69, 9.17) is 18.9 Å². The second-order valence-corrected chi connectivity index (χ2v) is 17.0. The van der Waals surface area contributed by atoms with Crippen LogP contribution in [-0.4, -0.2) is 104 Å². The molecule has 0 radical (unpaired) electrons. The molecule has 0 unspecified atom stereocenters. The van der Waals surface area contributed by atoms with Crippen LogP contribution in [0.1, 0.15) is 73.6 Å². The van der Waals surface area contributed by atoms with Crippen molar-refractivity contribution in [1.82, 2.24) is 9.80 Å². The maximum atomic E-state index is 13.3. The van der Waals surface area contributed by atoms with Crippen LogP contribution in [0.25, 0.3) is 0 Å². The lowest BCUT2D eigenvalue weighted by atomic mass is 9.50. The Morgan fingerprint density at radius 2 is 1.16 bits per heavy atom. The summed E-state index contributed by atoms with van der Waals surface area (Å²) in [6.45, 7) is 10.5. The fourth-order valence-electron chi connectivity index (χ4n) is 12.3. The molecule has 8 aliphatic rings. The lowest BCUT2D eigenvalue weighted by molar-refractivity contribution is -0.172. The molecule has 2 aromatic carbocycles. The second kappa shape index (κ2) is 12.4. The van der Waals surface area contributed by atoms with E-state index >= 15 is 0 Å². The zero-order chi connectivity index (χ0) is 38.8. The largest absolute Gasteiger partial charge is 0.504 e. The van der Waals surface area contributed by atoms with Crippen molar-refractivity contribution in [2.75, 3.05) is 26.2 Å². The Balaban J connectivity index is 0.803. The molecule has 4 bridgehead atoms. The van der Waals surface area contributed by atoms with Crippen molar-refractivity contribution in [3.05, 3.63) is 95.5 Å². The summed E-state index contributed by atoms with van der Waals surface area (Å²) < 4.78 is 24.8. The number of hydrogen-bond acceptors (Lipinski definition) is 12. The van der Waals surface area contributed by atoms with Crippen LogP contribution in [0.5, 0.6) is 23.0 Å². The third kappa shape index (κ3) is 4.49. The van der Waals surface area contributed by atoms with Gasteiger partial charge in [0.25, 0.3) is 0 Å². The lowest BCUT2D eigenvalue weighted by Crippen LogP contribution is -2.75. The number of unbranched alkanes of at least 4 members (excludes halogenated alkanes) is 1. The van der Waals surface area contributed by atoms with Gasteiger partial charge in [0.15, 0.2) is 35.2 Å². The molecule has 4 aliphatic carbocycles. The van der Waals surface area contributed by atoms with Crippen LogP contribution in [0.15, 0.2) is 73.2 Å². The Labute approximate surface area is 325 Å². The van der Waals surface area contributed by atoms with Crippen molar-refractivity contribution < 1.29 is 49.0 Å². The van der Waals surface area contributed by atoms with E-state index in [1.807, 2.05) is 24.3 Å². The highest BCUT2D eigenvalue weighted by molar-refractivity contribution is 5.73. The molecule has 10 rings (SSSR count). The summed E-state index contributed by atoms with van der Waals surface area (Å²) in [6.07, 6.45) is 9.42. The Morgan fingerprint density at radius 1 is 0.732 bits per heavy atom. The van der Waals surface area contributed by atoms with Crippen LogP contribution in [0.4, 0.5) is 0 Å². The third-order valence-corrected chi connectivity index (χ3v) is 14.6. The van der Waals surface area contributed by atoms with Gasteiger partial charge >= 0.3 is 11.9 Å². The first-order chi connectivity index (χ1) is 27.0. The predicted octanol–water partition coefficient (Wildman–Crippen LogP) is 4.11. The van der Waals surface area contributed by atoms with Gasteiger partial charge in [0, 0.05) is 75.1 Å². The quantitative estimate of drug-likeness (QED) is 0.148. The van der Waals surface area contributed by atoms with E-state index in [0.29, 0.717) is 87.7 Å². The Hall–Kier alpha value is -4.62. The number of aliphatic hydroxyl groups is 2. The highest BCUT2D eigenvalue weighted by atomic mass is 16.6. The van der Waals surface area contributed by atoms with Gasteiger partial charge in [0.2, 0.25) is 0 Å². The average Bonchev–Trinajstić information content (AvgIpc) is 3.72. The van der Waals surface area contributed by atoms with E-state index < -0.39 is 46.2 Å². The summed E-state index contributed by atoms with van der Waals surface area (Å²) in [5.41, 5.74) is -0.448. The van der Waals surface area contributed by atoms with Gasteiger partial charge in [-0.25, -0.2) is 0 Å². The van der Waals surface area contributed by atoms with E-state index in [9.17, 15) is 30.0 Å². The summed E-state index contributed by atoms with van der Waals surface area (Å²) in [6, 6.07) is 6.69. The molecule has 2 aromatic rings. The Bertz CT molecular complexity index is 2000. The van der Waals surface area contributed by atoms with E-state index in [0.717, 1.165) is 22.3 Å². The Morgan fingerprint density at radius 3 is 1.57 bits per heavy atom. The number of aromatic hydroxyl groups is 2. The number of carbonyl (C=O) groups excluding carboxylic acids is 2. The second-order valence-electron chi connectivity index (χ2n) is 17.0. The first kappa shape index (κ1) is 35.8. The highest BCUT2D eigenvalue weighted by Crippen LogP contribution is 2.67. The fourth-order valence-corrected chi connectivity index (χ4v) is 12.3. The van der Waals surface area contributed by atoms with E-state index in [1.54, 1.807) is 24.3 Å². The molecule has 294 valence electrons. The predicted molar refractivity (Wildman–Crippen MR) is 202 cm³/mol. The van der Waals surface area contributed by atoms with Gasteiger partial charge in [-0.15, -0.1) is 13.2 Å². The number of likely N-dealkylation sites (tertiary alicyclic amines) is 2. The zero-order valence-corrected chi connectivity index (χ0v) is 31.4. The van der Waals surface area contributed by atoms with Gasteiger partial charge in [-0.3, -0.25) is 19.4 Å². The summed E-state index contributed by atoms with van der Waals surface area (Å²) in [7, 11) is 0. The molecule has 0 aromatic heterocycles. The summed E-state index contributed by atoms with van der Waals surface area (Å²) >= 11 is 0. The first-order valence-corrected chi connectivity index (χ1v) is 20.0. The number of ether oxygens (including phenoxy) is 4. The summed E-state index contributed by atoms with van der Waals surface area (Å²) in [4.78, 5) is 31.2. The topological polar surface area (TPSA) is 158 Å². The van der Waals surface area contributed by atoms with E-state index in [2.05, 4.69) is 23.0 Å². The van der Waals surface area contributed by atoms with Crippen LogP contribution < -0.4 is 9.47 Å². The highest BCUT2D eigenvalue weighted by Gasteiger charge is 2.74. The normalized spacial score (nSPS) is 35.2. The number of hydrogen-bond donors (Lipinski definition) is 4. The maximum absolute atomic E-state index is 13.3. The molecule has 4 heterocycles. The molecule has 2 fully saturated rings. The van der Waals surface area contributed by atoms with E-state index in [1.165, 1.54) is 0 Å². The zero-order valence-electron chi connectivity index (χ0n) is 31.4. The Kier molecular flexibility index (Phi) is 7.95. The van der Waals surface area contributed by atoms with Crippen LogP contribution in [-0.2, 0) is 42.7 Å². The van der Waals surface area contributed by atoms with Crippen LogP contribution in [0, 0.1) is 0 Å². The minimum Gasteiger partial charge on any atom is -0.504 e. The molecule has 4 N–H and O–H groups in total. The molecule has 4 aliphatic heterocycles. The SMILES string of the molecule is C=CCN1CC[C@]23c4c5ccc(O)c4O[C@H]2C(OC(=O)CCCCC(=O)OC2=CC[C@@]4(O)[C@H]6Cc7ccc(O)c8c7[C@@]4(CCN6CC=C)[C@H]2O8)=CC[C@@]3(O)[C@H]1C5. The lowest BCUT2D eigenvalue weighted by Gasteiger charge is -2.62. The van der Waals surface area contributed by atoms with Crippen LogP contribution in [0.3, 0.4) is 0 Å². The molecule has 12 nitrogen and oxygen atoms in total. The monoisotopic (exact) mass is 764 g/mol. The summed E-state index contributed by atoms with van der Waals surface area (Å²) in [5, 5.41) is 46.7. The van der Waals surface area contributed by atoms with Gasteiger partial charge in [-0.1, -0.05) is 24.3 Å². The number of phenols is 2. The van der Waals surface area contributed by atoms with Gasteiger partial charge < -0.3 is 39.4 Å². The number of carbonyl (C=O) groups is 2. The summed E-state index contributed by atoms with van der Waals surface area (Å²) in [5.74, 6) is 0.456. The third-order valence-electron chi connectivity index (χ3n) is 14.6. The van der Waals surface area contributed by atoms with Crippen molar-refractivity contribution in [2.45, 2.75) is 111 Å². The molecular formula is C44H48N2O10. The van der Waals surface area contributed by atoms with Crippen molar-refractivity contribution >= 4 is 11.9 Å². The number of phenolic OH excluding ortho intramolecular Hbond substituents is 2. The molecule has 2 spiro atoms. The van der Waals surface area contributed by atoms with Crippen molar-refractivity contribution in [2.24, 2.45) is 0 Å². The standard InChI is InChI=1S/C44H48N2O10/c1-3-19-45-21-17-41-35-25-9-11-27(47)37(35)55-39(41)29(13-15-43(41,51)31(45)23-25)53-33(49)7-5-6-8-34(50)54-30-14-16-44(52)32-24-26-10-12-28(48)38-36(26)42(44,40(30)56-38)18-22-46(32)20-4-2/h3-4,9-14,31-32,39-40,47-48,51-52H,1-2,5-8,15-24H2/t31-,32-,39+,40+,41+,42+,43-,44-/m1/s1. The van der Waals surface area contributed by atoms with E-state index in [-0.39, 0.29) is 49.3 Å². The molecular weight excluding hydrogens is 716 g/mol. The number of benzene rings is 2. The minimum absolute atomic E-state index is 0.00231. The van der Waals surface area contributed by atoms with Gasteiger partial charge in [0.05, 0.1) is 22.0 Å². The molecule has 12 heteroatoms. The number of esters is 2. The molecule has 2 saturated heterocycles. The van der Waals surface area contributed by atoms with Gasteiger partial charge in [0.1, 0.15) is 11.5 Å².